The Balaban J connectivity index is 1.38. The Morgan fingerprint density at radius 3 is 2.46 bits per heavy atom. The fraction of sp³-hybridized carbons (Fsp3) is 0.278. The molecule has 0 unspecified atom stereocenters. The molecule has 9 nitrogen and oxygen atoms in total. The fourth-order valence-corrected chi connectivity index (χ4v) is 7.64. The molecule has 234 valence electrons. The number of benzene rings is 2. The van der Waals surface area contributed by atoms with Crippen LogP contribution in [0, 0.1) is 13.8 Å². The van der Waals surface area contributed by atoms with Crippen LogP contribution in [0.15, 0.2) is 71.1 Å². The zero-order chi connectivity index (χ0) is 32.1. The maximum absolute atomic E-state index is 14.0. The molecule has 0 saturated carbocycles. The van der Waals surface area contributed by atoms with E-state index >= 15 is 0 Å². The first kappa shape index (κ1) is 29.9. The van der Waals surface area contributed by atoms with Gasteiger partial charge in [-0.05, 0) is 75.3 Å². The summed E-state index contributed by atoms with van der Waals surface area (Å²) in [6.07, 6.45) is 1.85. The average Bonchev–Trinajstić information content (AvgIpc) is 3.73. The molecule has 0 bridgehead atoms. The summed E-state index contributed by atoms with van der Waals surface area (Å²) in [4.78, 5) is 39.8. The van der Waals surface area contributed by atoms with Crippen molar-refractivity contribution in [2.45, 2.75) is 39.3 Å². The lowest BCUT2D eigenvalue weighted by atomic mass is 9.99. The van der Waals surface area contributed by atoms with E-state index in [-0.39, 0.29) is 23.4 Å². The molecule has 1 amide bonds. The van der Waals surface area contributed by atoms with Crippen molar-refractivity contribution in [3.63, 3.8) is 0 Å². The molecule has 1 aliphatic rings. The summed E-state index contributed by atoms with van der Waals surface area (Å²) >= 11 is 1.25. The highest BCUT2D eigenvalue weighted by molar-refractivity contribution is 7.21. The summed E-state index contributed by atoms with van der Waals surface area (Å²) in [6, 6.07) is 21.9. The van der Waals surface area contributed by atoms with Crippen LogP contribution in [-0.4, -0.2) is 74.5 Å². The smallest absolute Gasteiger partial charge is 0.345 e. The van der Waals surface area contributed by atoms with Crippen molar-refractivity contribution in [1.29, 1.82) is 0 Å². The van der Waals surface area contributed by atoms with E-state index in [0.717, 1.165) is 80.8 Å². The lowest BCUT2D eigenvalue weighted by molar-refractivity contribution is -0.133. The van der Waals surface area contributed by atoms with E-state index in [1.165, 1.54) is 11.3 Å². The van der Waals surface area contributed by atoms with Crippen molar-refractivity contribution in [3.8, 4) is 33.8 Å². The number of fused-ring (bicyclic) bond motifs is 2. The number of aromatic nitrogens is 3. The Morgan fingerprint density at radius 1 is 1.00 bits per heavy atom. The second-order valence-corrected chi connectivity index (χ2v) is 13.1. The molecule has 0 atom stereocenters. The number of aromatic carboxylic acids is 1. The molecule has 10 heteroatoms. The van der Waals surface area contributed by atoms with Gasteiger partial charge in [0.2, 0.25) is 5.91 Å². The van der Waals surface area contributed by atoms with E-state index in [4.69, 9.17) is 9.40 Å². The number of carboxylic acid groups (broad SMARTS) is 1. The second kappa shape index (κ2) is 11.9. The first-order valence-corrected chi connectivity index (χ1v) is 16.2. The molecule has 7 rings (SSSR count). The van der Waals surface area contributed by atoms with E-state index in [0.29, 0.717) is 11.7 Å². The second-order valence-electron chi connectivity index (χ2n) is 12.1. The fourth-order valence-electron chi connectivity index (χ4n) is 6.57. The van der Waals surface area contributed by atoms with Crippen molar-refractivity contribution < 1.29 is 19.1 Å². The Kier molecular flexibility index (Phi) is 7.70. The van der Waals surface area contributed by atoms with Gasteiger partial charge < -0.3 is 23.9 Å². The SMILES string of the molecule is Cc1nc(C)c(-c2ccc3cc(-c4c(-c5ccccc5)c5sc(C(=O)O)cc5n4CC(=O)N(C)C4CCN(C)CC4)ccc3n2)o1. The number of amides is 1. The monoisotopic (exact) mass is 633 g/mol. The van der Waals surface area contributed by atoms with Gasteiger partial charge in [0.05, 0.1) is 27.1 Å². The van der Waals surface area contributed by atoms with Crippen molar-refractivity contribution >= 4 is 44.3 Å². The quantitative estimate of drug-likeness (QED) is 0.200. The normalized spacial score (nSPS) is 14.3. The third-order valence-corrected chi connectivity index (χ3v) is 10.2. The largest absolute Gasteiger partial charge is 0.477 e. The molecule has 1 N–H and O–H groups in total. The highest BCUT2D eigenvalue weighted by atomic mass is 32.1. The number of hydrogen-bond donors (Lipinski definition) is 1. The number of rotatable bonds is 7. The standard InChI is InChI=1S/C36H35N5O4S/c1-21-34(45-22(2)37-21)28-13-10-24-18-25(11-12-27(24)38-28)33-32(23-8-6-5-7-9-23)35-29(19-30(46-35)36(43)44)41(33)20-31(42)40(4)26-14-16-39(3)17-15-26/h5-13,18-19,26H,14-17,20H2,1-4H3,(H,43,44). The van der Waals surface area contributed by atoms with Gasteiger partial charge in [0.1, 0.15) is 17.1 Å². The Bertz CT molecular complexity index is 2100. The van der Waals surface area contributed by atoms with Crippen molar-refractivity contribution in [1.82, 2.24) is 24.3 Å². The van der Waals surface area contributed by atoms with Gasteiger partial charge in [-0.1, -0.05) is 42.5 Å². The van der Waals surface area contributed by atoms with Gasteiger partial charge in [-0.3, -0.25) is 4.79 Å². The van der Waals surface area contributed by atoms with Crippen LogP contribution in [-0.2, 0) is 11.3 Å². The van der Waals surface area contributed by atoms with Gasteiger partial charge >= 0.3 is 5.97 Å². The highest BCUT2D eigenvalue weighted by Gasteiger charge is 2.29. The number of piperidine rings is 1. The molecule has 0 radical (unpaired) electrons. The van der Waals surface area contributed by atoms with Crippen LogP contribution in [0.25, 0.3) is 55.0 Å². The van der Waals surface area contributed by atoms with Gasteiger partial charge in [-0.25, -0.2) is 14.8 Å². The lowest BCUT2D eigenvalue weighted by Crippen LogP contribution is -2.45. The van der Waals surface area contributed by atoms with Crippen molar-refractivity contribution in [2.24, 2.45) is 0 Å². The zero-order valence-corrected chi connectivity index (χ0v) is 27.1. The van der Waals surface area contributed by atoms with Crippen LogP contribution in [0.5, 0.6) is 0 Å². The molecular weight excluding hydrogens is 598 g/mol. The molecule has 1 fully saturated rings. The van der Waals surface area contributed by atoms with Gasteiger partial charge in [0.15, 0.2) is 11.7 Å². The molecule has 2 aromatic carbocycles. The van der Waals surface area contributed by atoms with Crippen LogP contribution >= 0.6 is 11.3 Å². The highest BCUT2D eigenvalue weighted by Crippen LogP contribution is 2.45. The van der Waals surface area contributed by atoms with Gasteiger partial charge in [-0.2, -0.15) is 0 Å². The summed E-state index contributed by atoms with van der Waals surface area (Å²) < 4.78 is 8.68. The lowest BCUT2D eigenvalue weighted by Gasteiger charge is -2.35. The summed E-state index contributed by atoms with van der Waals surface area (Å²) in [5.74, 6) is 0.277. The Morgan fingerprint density at radius 2 is 1.76 bits per heavy atom. The van der Waals surface area contributed by atoms with Gasteiger partial charge in [0, 0.05) is 31.0 Å². The van der Waals surface area contributed by atoms with E-state index < -0.39 is 5.97 Å². The minimum absolute atomic E-state index is 0.000193. The molecule has 1 aliphatic heterocycles. The number of likely N-dealkylation sites (N-methyl/N-ethyl adjacent to an activating group) is 1. The maximum atomic E-state index is 14.0. The number of carbonyl (C=O) groups excluding carboxylic acids is 1. The summed E-state index contributed by atoms with van der Waals surface area (Å²) in [6.45, 7) is 5.73. The molecule has 0 aliphatic carbocycles. The molecule has 4 aromatic heterocycles. The summed E-state index contributed by atoms with van der Waals surface area (Å²) in [5.41, 5.74) is 6.73. The number of carbonyl (C=O) groups is 2. The minimum atomic E-state index is -0.979. The summed E-state index contributed by atoms with van der Waals surface area (Å²) in [5, 5.41) is 10.9. The molecule has 5 heterocycles. The van der Waals surface area contributed by atoms with Crippen LogP contribution in [0.3, 0.4) is 0 Å². The topological polar surface area (TPSA) is 105 Å². The number of likely N-dealkylation sites (tertiary alicyclic amines) is 1. The van der Waals surface area contributed by atoms with Crippen LogP contribution in [0.2, 0.25) is 0 Å². The molecular formula is C36H35N5O4S. The molecule has 46 heavy (non-hydrogen) atoms. The number of aryl methyl sites for hydroxylation is 2. The van der Waals surface area contributed by atoms with Crippen LogP contribution in [0.1, 0.15) is 34.1 Å². The maximum Gasteiger partial charge on any atom is 0.345 e. The van der Waals surface area contributed by atoms with Gasteiger partial charge in [0.25, 0.3) is 0 Å². The zero-order valence-electron chi connectivity index (χ0n) is 26.3. The van der Waals surface area contributed by atoms with Gasteiger partial charge in [-0.15, -0.1) is 11.3 Å². The number of carboxylic acids is 1. The first-order chi connectivity index (χ1) is 22.2. The number of hydrogen-bond acceptors (Lipinski definition) is 7. The van der Waals surface area contributed by atoms with E-state index in [1.54, 1.807) is 6.07 Å². The average molecular weight is 634 g/mol. The molecule has 1 saturated heterocycles. The first-order valence-electron chi connectivity index (χ1n) is 15.4. The van der Waals surface area contributed by atoms with Crippen LogP contribution in [0.4, 0.5) is 0 Å². The van der Waals surface area contributed by atoms with Crippen molar-refractivity contribution in [3.05, 3.63) is 83.2 Å². The predicted octanol–water partition coefficient (Wildman–Crippen LogP) is 7.11. The molecule has 6 aromatic rings. The number of pyridine rings is 1. The van der Waals surface area contributed by atoms with E-state index in [1.807, 2.05) is 85.0 Å². The predicted molar refractivity (Wildman–Crippen MR) is 181 cm³/mol. The Hall–Kier alpha value is -4.80. The number of oxazole rings is 1. The molecule has 0 spiro atoms. The van der Waals surface area contributed by atoms with E-state index in [2.05, 4.69) is 23.0 Å². The minimum Gasteiger partial charge on any atom is -0.477 e. The van der Waals surface area contributed by atoms with Crippen molar-refractivity contribution in [2.75, 3.05) is 27.2 Å². The summed E-state index contributed by atoms with van der Waals surface area (Å²) in [7, 11) is 4.00. The third kappa shape index (κ3) is 5.37. The van der Waals surface area contributed by atoms with Crippen LogP contribution < -0.4 is 0 Å². The third-order valence-electron chi connectivity index (χ3n) is 9.03. The van der Waals surface area contributed by atoms with E-state index in [9.17, 15) is 14.7 Å². The Labute approximate surface area is 270 Å². The number of nitrogens with zero attached hydrogens (tertiary/aromatic N) is 5. The number of thiophene rings is 1.